The Bertz CT molecular complexity index is 1220. The van der Waals surface area contributed by atoms with Crippen molar-refractivity contribution in [3.8, 4) is 11.5 Å². The average Bonchev–Trinajstić information content (AvgIpc) is 3.35. The van der Waals surface area contributed by atoms with Gasteiger partial charge in [-0.3, -0.25) is 14.8 Å². The number of halogens is 4. The summed E-state index contributed by atoms with van der Waals surface area (Å²) >= 11 is 6.00. The van der Waals surface area contributed by atoms with E-state index >= 15 is 0 Å². The number of benzene rings is 1. The molecule has 13 heteroatoms. The largest absolute Gasteiger partial charge is 0.415 e. The molecule has 36 heavy (non-hydrogen) atoms. The second-order valence-corrected chi connectivity index (χ2v) is 8.87. The molecule has 2 aliphatic heterocycles. The van der Waals surface area contributed by atoms with E-state index < -0.39 is 18.1 Å². The standard InChI is InChI=1S/C23H22ClF3N6O3/c24-18-9-16(3-4-19(18)25)33(23(34)32-7-5-31(6-8-32)17-12-35-13-17)11-15-2-1-14(10-28-15)21-29-30-22(36-21)20(26)27/h1-4,9-10,17,20H,5-8,11-13H2. The maximum Gasteiger partial charge on any atom is 0.324 e. The van der Waals surface area contributed by atoms with E-state index in [0.717, 1.165) is 13.1 Å². The number of anilines is 1. The van der Waals surface area contributed by atoms with Gasteiger partial charge in [0.2, 0.25) is 5.89 Å². The van der Waals surface area contributed by atoms with E-state index in [0.29, 0.717) is 49.3 Å². The van der Waals surface area contributed by atoms with Crippen LogP contribution in [0.5, 0.6) is 0 Å². The fourth-order valence-electron chi connectivity index (χ4n) is 4.05. The number of rotatable bonds is 6. The molecule has 0 atom stereocenters. The predicted molar refractivity (Wildman–Crippen MR) is 123 cm³/mol. The number of urea groups is 1. The van der Waals surface area contributed by atoms with Gasteiger partial charge in [0, 0.05) is 38.1 Å². The molecule has 5 rings (SSSR count). The molecule has 9 nitrogen and oxygen atoms in total. The molecule has 2 aliphatic rings. The second-order valence-electron chi connectivity index (χ2n) is 8.47. The third kappa shape index (κ3) is 5.15. The van der Waals surface area contributed by atoms with Crippen molar-refractivity contribution in [2.45, 2.75) is 19.0 Å². The number of carbonyl (C=O) groups excluding carboxylic acids is 1. The van der Waals surface area contributed by atoms with E-state index in [-0.39, 0.29) is 23.5 Å². The molecule has 0 saturated carbocycles. The van der Waals surface area contributed by atoms with Gasteiger partial charge in [0.25, 0.3) is 5.89 Å². The maximum atomic E-state index is 13.8. The van der Waals surface area contributed by atoms with Crippen LogP contribution in [0.3, 0.4) is 0 Å². The molecule has 3 aromatic rings. The highest BCUT2D eigenvalue weighted by atomic mass is 35.5. The van der Waals surface area contributed by atoms with E-state index in [1.807, 2.05) is 0 Å². The minimum absolute atomic E-state index is 0.0733. The number of hydrogen-bond acceptors (Lipinski definition) is 7. The van der Waals surface area contributed by atoms with E-state index in [1.165, 1.54) is 29.3 Å². The summed E-state index contributed by atoms with van der Waals surface area (Å²) in [6.45, 7) is 4.04. The van der Waals surface area contributed by atoms with Crippen LogP contribution in [0.2, 0.25) is 5.02 Å². The monoisotopic (exact) mass is 522 g/mol. The first-order chi connectivity index (χ1) is 17.4. The molecule has 4 heterocycles. The molecule has 190 valence electrons. The topological polar surface area (TPSA) is 87.8 Å². The Balaban J connectivity index is 1.34. The van der Waals surface area contributed by atoms with Crippen molar-refractivity contribution in [2.24, 2.45) is 0 Å². The lowest BCUT2D eigenvalue weighted by Gasteiger charge is -2.43. The number of nitrogens with zero attached hydrogens (tertiary/aromatic N) is 6. The molecular formula is C23H22ClF3N6O3. The molecule has 0 spiro atoms. The Hall–Kier alpha value is -3.22. The van der Waals surface area contributed by atoms with E-state index in [4.69, 9.17) is 20.8 Å². The number of ether oxygens (including phenoxy) is 1. The molecule has 2 fully saturated rings. The summed E-state index contributed by atoms with van der Waals surface area (Å²) in [4.78, 5) is 23.4. The lowest BCUT2D eigenvalue weighted by molar-refractivity contribution is -0.0738. The summed E-state index contributed by atoms with van der Waals surface area (Å²) in [6, 6.07) is 7.44. The molecule has 0 N–H and O–H groups in total. The van der Waals surface area contributed by atoms with Gasteiger partial charge >= 0.3 is 12.5 Å². The number of pyridine rings is 1. The Labute approximate surface area is 209 Å². The van der Waals surface area contributed by atoms with Gasteiger partial charge in [0.05, 0.1) is 42.1 Å². The fourth-order valence-corrected chi connectivity index (χ4v) is 4.23. The quantitative estimate of drug-likeness (QED) is 0.483. The van der Waals surface area contributed by atoms with Gasteiger partial charge in [0.15, 0.2) is 0 Å². The zero-order valence-corrected chi connectivity index (χ0v) is 19.7. The molecule has 0 unspecified atom stereocenters. The van der Waals surface area contributed by atoms with Crippen LogP contribution < -0.4 is 4.90 Å². The molecular weight excluding hydrogens is 501 g/mol. The minimum Gasteiger partial charge on any atom is -0.415 e. The first-order valence-corrected chi connectivity index (χ1v) is 11.7. The summed E-state index contributed by atoms with van der Waals surface area (Å²) in [5.41, 5.74) is 1.29. The number of piperazine rings is 1. The van der Waals surface area contributed by atoms with Crippen LogP contribution in [0.4, 0.5) is 23.7 Å². The summed E-state index contributed by atoms with van der Waals surface area (Å²) in [5.74, 6) is -1.45. The third-order valence-electron chi connectivity index (χ3n) is 6.19. The number of alkyl halides is 2. The van der Waals surface area contributed by atoms with Crippen molar-refractivity contribution >= 4 is 23.3 Å². The summed E-state index contributed by atoms with van der Waals surface area (Å²) in [7, 11) is 0. The van der Waals surface area contributed by atoms with Gasteiger partial charge in [-0.15, -0.1) is 10.2 Å². The number of amides is 2. The number of carbonyl (C=O) groups is 1. The Morgan fingerprint density at radius 1 is 1.14 bits per heavy atom. The second kappa shape index (κ2) is 10.4. The van der Waals surface area contributed by atoms with Crippen molar-refractivity contribution in [3.05, 3.63) is 59.0 Å². The Morgan fingerprint density at radius 2 is 1.92 bits per heavy atom. The molecule has 1 aromatic carbocycles. The predicted octanol–water partition coefficient (Wildman–Crippen LogP) is 4.00. The van der Waals surface area contributed by atoms with Crippen LogP contribution in [-0.2, 0) is 11.3 Å². The lowest BCUT2D eigenvalue weighted by Crippen LogP contribution is -2.59. The first kappa shape index (κ1) is 24.5. The first-order valence-electron chi connectivity index (χ1n) is 11.3. The summed E-state index contributed by atoms with van der Waals surface area (Å²) < 4.78 is 49.5. The molecule has 2 amide bonds. The highest BCUT2D eigenvalue weighted by molar-refractivity contribution is 6.31. The van der Waals surface area contributed by atoms with Crippen molar-refractivity contribution in [2.75, 3.05) is 44.3 Å². The van der Waals surface area contributed by atoms with Crippen molar-refractivity contribution in [1.29, 1.82) is 0 Å². The van der Waals surface area contributed by atoms with Crippen LogP contribution in [0, 0.1) is 5.82 Å². The Morgan fingerprint density at radius 3 is 2.50 bits per heavy atom. The molecule has 2 aromatic heterocycles. The van der Waals surface area contributed by atoms with Crippen LogP contribution in [0.1, 0.15) is 18.0 Å². The molecule has 2 saturated heterocycles. The summed E-state index contributed by atoms with van der Waals surface area (Å²) in [6.07, 6.45) is -1.47. The van der Waals surface area contributed by atoms with Gasteiger partial charge in [-0.2, -0.15) is 8.78 Å². The van der Waals surface area contributed by atoms with Gasteiger partial charge in [-0.05, 0) is 30.3 Å². The normalized spacial score (nSPS) is 16.9. The van der Waals surface area contributed by atoms with Gasteiger partial charge < -0.3 is 14.1 Å². The van der Waals surface area contributed by atoms with Crippen LogP contribution in [0.25, 0.3) is 11.5 Å². The zero-order valence-electron chi connectivity index (χ0n) is 19.0. The number of hydrogen-bond donors (Lipinski definition) is 0. The highest BCUT2D eigenvalue weighted by Crippen LogP contribution is 2.27. The molecule has 0 radical (unpaired) electrons. The average molecular weight is 523 g/mol. The van der Waals surface area contributed by atoms with E-state index in [2.05, 4.69) is 20.1 Å². The van der Waals surface area contributed by atoms with Gasteiger partial charge in [0.1, 0.15) is 5.82 Å². The third-order valence-corrected chi connectivity index (χ3v) is 6.48. The van der Waals surface area contributed by atoms with E-state index in [9.17, 15) is 18.0 Å². The molecule has 0 bridgehead atoms. The smallest absolute Gasteiger partial charge is 0.324 e. The number of aromatic nitrogens is 3. The fraction of sp³-hybridized carbons (Fsp3) is 0.391. The Kier molecular flexibility index (Phi) is 7.08. The van der Waals surface area contributed by atoms with Crippen molar-refractivity contribution < 1.29 is 27.1 Å². The highest BCUT2D eigenvalue weighted by Gasteiger charge is 2.32. The summed E-state index contributed by atoms with van der Waals surface area (Å²) in [5, 5.41) is 6.82. The lowest BCUT2D eigenvalue weighted by atomic mass is 10.2. The minimum atomic E-state index is -2.87. The van der Waals surface area contributed by atoms with Gasteiger partial charge in [-0.25, -0.2) is 9.18 Å². The van der Waals surface area contributed by atoms with Crippen LogP contribution >= 0.6 is 11.6 Å². The zero-order chi connectivity index (χ0) is 25.2. The van der Waals surface area contributed by atoms with Crippen molar-refractivity contribution in [1.82, 2.24) is 25.0 Å². The van der Waals surface area contributed by atoms with Crippen LogP contribution in [0.15, 0.2) is 40.9 Å². The van der Waals surface area contributed by atoms with Crippen LogP contribution in [-0.4, -0.2) is 76.4 Å². The molecule has 0 aliphatic carbocycles. The maximum absolute atomic E-state index is 13.8. The van der Waals surface area contributed by atoms with Crippen molar-refractivity contribution in [3.63, 3.8) is 0 Å². The SMILES string of the molecule is O=C(N1CCN(C2COC2)CC1)N(Cc1ccc(-c2nnc(C(F)F)o2)cn1)c1ccc(F)c(Cl)c1. The van der Waals surface area contributed by atoms with Gasteiger partial charge in [-0.1, -0.05) is 11.6 Å². The van der Waals surface area contributed by atoms with E-state index in [1.54, 1.807) is 17.0 Å².